The van der Waals surface area contributed by atoms with Gasteiger partial charge in [0.15, 0.2) is 0 Å². The molecule has 0 aromatic rings. The van der Waals surface area contributed by atoms with Crippen molar-refractivity contribution in [3.63, 3.8) is 0 Å². The molecule has 0 spiro atoms. The Bertz CT molecular complexity index is 305. The van der Waals surface area contributed by atoms with Gasteiger partial charge in [0.05, 0.1) is 0 Å². The molecule has 0 saturated carbocycles. The van der Waals surface area contributed by atoms with Crippen LogP contribution in [0.25, 0.3) is 0 Å². The molecule has 114 valence electrons. The van der Waals surface area contributed by atoms with E-state index in [1.807, 2.05) is 0 Å². The molecule has 0 fully saturated rings. The molecule has 1 atom stereocenters. The third-order valence-electron chi connectivity index (χ3n) is 3.99. The highest BCUT2D eigenvalue weighted by molar-refractivity contribution is 5.66. The predicted octanol–water partition coefficient (Wildman–Crippen LogP) is 5.49. The number of unbranched alkanes of at least 4 members (excludes halogenated alkanes) is 6. The first-order valence-corrected chi connectivity index (χ1v) is 8.32. The lowest BCUT2D eigenvalue weighted by Crippen LogP contribution is -1.92. The maximum atomic E-state index is 10.3. The summed E-state index contributed by atoms with van der Waals surface area (Å²) in [6, 6.07) is 0. The molecule has 0 saturated heterocycles. The molecular formula is C18H30O2. The number of carboxylic acids is 1. The minimum absolute atomic E-state index is 0.310. The fourth-order valence-electron chi connectivity index (χ4n) is 2.73. The average molecular weight is 278 g/mol. The lowest BCUT2D eigenvalue weighted by Gasteiger charge is -2.06. The van der Waals surface area contributed by atoms with Crippen molar-refractivity contribution < 1.29 is 9.90 Å². The van der Waals surface area contributed by atoms with Crippen LogP contribution in [0.2, 0.25) is 0 Å². The van der Waals surface area contributed by atoms with Crippen molar-refractivity contribution >= 4 is 5.97 Å². The number of allylic oxidation sites excluding steroid dienone is 4. The number of rotatable bonds is 12. The highest BCUT2D eigenvalue weighted by Gasteiger charge is 2.07. The summed E-state index contributed by atoms with van der Waals surface area (Å²) < 4.78 is 0. The van der Waals surface area contributed by atoms with Crippen LogP contribution in [-0.2, 0) is 4.79 Å². The van der Waals surface area contributed by atoms with Crippen molar-refractivity contribution in [2.75, 3.05) is 0 Å². The third-order valence-corrected chi connectivity index (χ3v) is 3.99. The van der Waals surface area contributed by atoms with E-state index in [4.69, 9.17) is 5.11 Å². The molecule has 0 aromatic heterocycles. The third kappa shape index (κ3) is 9.82. The van der Waals surface area contributed by atoms with Gasteiger partial charge in [-0.25, -0.2) is 0 Å². The zero-order valence-electron chi connectivity index (χ0n) is 12.7. The zero-order valence-corrected chi connectivity index (χ0v) is 12.7. The second kappa shape index (κ2) is 11.7. The van der Waals surface area contributed by atoms with Gasteiger partial charge in [0, 0.05) is 6.42 Å². The summed E-state index contributed by atoms with van der Waals surface area (Å²) in [4.78, 5) is 10.3. The Hall–Kier alpha value is -1.05. The minimum atomic E-state index is -0.679. The SMILES string of the molecule is O=C(O)CCCC/C=C\CCCCCC[C@H]1C=CCC1. The second-order valence-corrected chi connectivity index (χ2v) is 5.87. The van der Waals surface area contributed by atoms with Gasteiger partial charge in [0.2, 0.25) is 0 Å². The smallest absolute Gasteiger partial charge is 0.303 e. The normalized spacial score (nSPS) is 18.1. The molecule has 1 aliphatic rings. The molecule has 1 rings (SSSR count). The fourth-order valence-corrected chi connectivity index (χ4v) is 2.73. The zero-order chi connectivity index (χ0) is 14.5. The Balaban J connectivity index is 1.77. The number of carbonyl (C=O) groups is 1. The van der Waals surface area contributed by atoms with E-state index >= 15 is 0 Å². The maximum absolute atomic E-state index is 10.3. The van der Waals surface area contributed by atoms with E-state index in [1.54, 1.807) is 0 Å². The van der Waals surface area contributed by atoms with E-state index in [1.165, 1.54) is 51.4 Å². The van der Waals surface area contributed by atoms with Gasteiger partial charge in [0.25, 0.3) is 0 Å². The van der Waals surface area contributed by atoms with Crippen molar-refractivity contribution in [2.24, 2.45) is 5.92 Å². The van der Waals surface area contributed by atoms with E-state index in [2.05, 4.69) is 24.3 Å². The van der Waals surface area contributed by atoms with E-state index in [9.17, 15) is 4.79 Å². The van der Waals surface area contributed by atoms with Crippen LogP contribution in [0, 0.1) is 5.92 Å². The Kier molecular flexibility index (Phi) is 9.99. The van der Waals surface area contributed by atoms with Crippen LogP contribution in [0.15, 0.2) is 24.3 Å². The number of aliphatic carboxylic acids is 1. The van der Waals surface area contributed by atoms with Crippen LogP contribution in [-0.4, -0.2) is 11.1 Å². The topological polar surface area (TPSA) is 37.3 Å². The Labute approximate surface area is 124 Å². The van der Waals surface area contributed by atoms with E-state index in [-0.39, 0.29) is 0 Å². The predicted molar refractivity (Wildman–Crippen MR) is 84.8 cm³/mol. The van der Waals surface area contributed by atoms with E-state index < -0.39 is 5.97 Å². The summed E-state index contributed by atoms with van der Waals surface area (Å²) >= 11 is 0. The summed E-state index contributed by atoms with van der Waals surface area (Å²) in [6.07, 6.45) is 23.0. The molecule has 0 amide bonds. The molecule has 0 radical (unpaired) electrons. The number of hydrogen-bond acceptors (Lipinski definition) is 1. The standard InChI is InChI=1S/C18H30O2/c19-18(20)16-10-8-6-4-2-1-3-5-7-9-13-17-14-11-12-15-17/h2,4,11,14,17H,1,3,5-10,12-13,15-16H2,(H,19,20)/b4-2-/t17-/m0/s1. The first-order valence-electron chi connectivity index (χ1n) is 8.32. The molecule has 1 N–H and O–H groups in total. The molecule has 2 nitrogen and oxygen atoms in total. The Morgan fingerprint density at radius 3 is 2.40 bits per heavy atom. The highest BCUT2D eigenvalue weighted by Crippen LogP contribution is 2.23. The summed E-state index contributed by atoms with van der Waals surface area (Å²) in [7, 11) is 0. The van der Waals surface area contributed by atoms with Crippen LogP contribution in [0.3, 0.4) is 0 Å². The van der Waals surface area contributed by atoms with Gasteiger partial charge < -0.3 is 5.11 Å². The maximum Gasteiger partial charge on any atom is 0.303 e. The monoisotopic (exact) mass is 278 g/mol. The summed E-state index contributed by atoms with van der Waals surface area (Å²) in [5, 5.41) is 8.50. The van der Waals surface area contributed by atoms with Crippen molar-refractivity contribution in [1.29, 1.82) is 0 Å². The molecule has 0 aliphatic heterocycles. The quantitative estimate of drug-likeness (QED) is 0.378. The van der Waals surface area contributed by atoms with Crippen LogP contribution in [0.4, 0.5) is 0 Å². The number of carboxylic acid groups (broad SMARTS) is 1. The van der Waals surface area contributed by atoms with Gasteiger partial charge in [-0.3, -0.25) is 4.79 Å². The molecular weight excluding hydrogens is 248 g/mol. The summed E-state index contributed by atoms with van der Waals surface area (Å²) in [5.74, 6) is 0.197. The molecule has 0 unspecified atom stereocenters. The lowest BCUT2D eigenvalue weighted by atomic mass is 10.00. The van der Waals surface area contributed by atoms with Gasteiger partial charge >= 0.3 is 5.97 Å². The summed E-state index contributed by atoms with van der Waals surface area (Å²) in [6.45, 7) is 0. The fraction of sp³-hybridized carbons (Fsp3) is 0.722. The van der Waals surface area contributed by atoms with Crippen molar-refractivity contribution in [3.8, 4) is 0 Å². The molecule has 0 heterocycles. The van der Waals surface area contributed by atoms with Crippen LogP contribution >= 0.6 is 0 Å². The minimum Gasteiger partial charge on any atom is -0.481 e. The Morgan fingerprint density at radius 2 is 1.75 bits per heavy atom. The van der Waals surface area contributed by atoms with Crippen LogP contribution in [0.5, 0.6) is 0 Å². The first-order chi connectivity index (χ1) is 9.79. The van der Waals surface area contributed by atoms with Gasteiger partial charge in [-0.2, -0.15) is 0 Å². The van der Waals surface area contributed by atoms with Gasteiger partial charge in [-0.1, -0.05) is 43.6 Å². The largest absolute Gasteiger partial charge is 0.481 e. The second-order valence-electron chi connectivity index (χ2n) is 5.87. The lowest BCUT2D eigenvalue weighted by molar-refractivity contribution is -0.137. The Morgan fingerprint density at radius 1 is 1.05 bits per heavy atom. The van der Waals surface area contributed by atoms with Crippen LogP contribution in [0.1, 0.15) is 77.0 Å². The molecule has 0 bridgehead atoms. The average Bonchev–Trinajstić information content (AvgIpc) is 2.93. The molecule has 0 aromatic carbocycles. The van der Waals surface area contributed by atoms with Gasteiger partial charge in [0.1, 0.15) is 0 Å². The van der Waals surface area contributed by atoms with Gasteiger partial charge in [-0.05, 0) is 57.3 Å². The first kappa shape index (κ1) is 17.0. The van der Waals surface area contributed by atoms with Gasteiger partial charge in [-0.15, -0.1) is 0 Å². The summed E-state index contributed by atoms with van der Waals surface area (Å²) in [5.41, 5.74) is 0. The highest BCUT2D eigenvalue weighted by atomic mass is 16.4. The van der Waals surface area contributed by atoms with Crippen molar-refractivity contribution in [3.05, 3.63) is 24.3 Å². The van der Waals surface area contributed by atoms with Crippen molar-refractivity contribution in [2.45, 2.75) is 77.0 Å². The number of hydrogen-bond donors (Lipinski definition) is 1. The van der Waals surface area contributed by atoms with Crippen molar-refractivity contribution in [1.82, 2.24) is 0 Å². The van der Waals surface area contributed by atoms with E-state index in [0.29, 0.717) is 6.42 Å². The van der Waals surface area contributed by atoms with E-state index in [0.717, 1.165) is 25.2 Å². The molecule has 2 heteroatoms. The molecule has 1 aliphatic carbocycles. The molecule has 20 heavy (non-hydrogen) atoms. The van der Waals surface area contributed by atoms with Crippen LogP contribution < -0.4 is 0 Å².